The molecule has 1 aliphatic heterocycles. The van der Waals surface area contributed by atoms with Gasteiger partial charge in [-0.25, -0.2) is 4.79 Å². The molecule has 4 rings (SSSR count). The summed E-state index contributed by atoms with van der Waals surface area (Å²) in [5.41, 5.74) is -0.265. The summed E-state index contributed by atoms with van der Waals surface area (Å²) in [5.74, 6) is -3.76. The minimum Gasteiger partial charge on any atom is -0.504 e. The normalized spacial score (nSPS) is 25.5. The number of carboxylic acids is 1. The molecule has 2 heterocycles. The molecule has 1 saturated heterocycles. The number of phenolic OH excluding ortho intramolecular Hbond substituents is 2. The number of aliphatic carboxylic acids is 1. The van der Waals surface area contributed by atoms with Crippen LogP contribution in [0.2, 0.25) is 0 Å². The van der Waals surface area contributed by atoms with Gasteiger partial charge in [0.05, 0.1) is 0 Å². The SMILES string of the molecule is O=C(O)[C@H]1O[C@H](Oc2cc3oc(-c4ccccc4)cc(=O)c3c(O)c2O)[C@@H](O)[C@@H](O)[C@H]1O. The van der Waals surface area contributed by atoms with Crippen LogP contribution in [-0.4, -0.2) is 67.3 Å². The highest BCUT2D eigenvalue weighted by molar-refractivity contribution is 5.89. The van der Waals surface area contributed by atoms with E-state index in [1.807, 2.05) is 0 Å². The van der Waals surface area contributed by atoms with E-state index in [0.29, 0.717) is 5.56 Å². The summed E-state index contributed by atoms with van der Waals surface area (Å²) >= 11 is 0. The number of carboxylic acid groups (broad SMARTS) is 1. The van der Waals surface area contributed by atoms with E-state index in [4.69, 9.17) is 19.0 Å². The molecule has 0 radical (unpaired) electrons. The minimum atomic E-state index is -1.94. The average molecular weight is 446 g/mol. The fourth-order valence-corrected chi connectivity index (χ4v) is 3.38. The lowest BCUT2D eigenvalue weighted by Gasteiger charge is -2.38. The first-order chi connectivity index (χ1) is 15.2. The fourth-order valence-electron chi connectivity index (χ4n) is 3.38. The van der Waals surface area contributed by atoms with Crippen molar-refractivity contribution in [2.75, 3.05) is 0 Å². The molecule has 0 spiro atoms. The Balaban J connectivity index is 1.77. The molecule has 0 saturated carbocycles. The third kappa shape index (κ3) is 3.63. The number of ether oxygens (including phenoxy) is 2. The maximum Gasteiger partial charge on any atom is 0.335 e. The second-order valence-corrected chi connectivity index (χ2v) is 7.14. The Bertz CT molecular complexity index is 1220. The monoisotopic (exact) mass is 446 g/mol. The Morgan fingerprint density at radius 1 is 0.938 bits per heavy atom. The van der Waals surface area contributed by atoms with Crippen LogP contribution in [-0.2, 0) is 9.53 Å². The summed E-state index contributed by atoms with van der Waals surface area (Å²) in [6.07, 6.45) is -9.56. The summed E-state index contributed by atoms with van der Waals surface area (Å²) in [4.78, 5) is 23.8. The highest BCUT2D eigenvalue weighted by Crippen LogP contribution is 2.42. The summed E-state index contributed by atoms with van der Waals surface area (Å²) in [5, 5.41) is 59.2. The Labute approximate surface area is 178 Å². The molecule has 3 aromatic rings. The van der Waals surface area contributed by atoms with Crippen molar-refractivity contribution < 1.29 is 49.3 Å². The quantitative estimate of drug-likeness (QED) is 0.299. The van der Waals surface area contributed by atoms with Crippen molar-refractivity contribution in [2.45, 2.75) is 30.7 Å². The lowest BCUT2D eigenvalue weighted by Crippen LogP contribution is -2.61. The second kappa shape index (κ2) is 8.13. The van der Waals surface area contributed by atoms with Crippen LogP contribution in [0.4, 0.5) is 0 Å². The number of rotatable bonds is 4. The minimum absolute atomic E-state index is 0.164. The van der Waals surface area contributed by atoms with Crippen LogP contribution in [0.25, 0.3) is 22.3 Å². The summed E-state index contributed by atoms with van der Waals surface area (Å²) < 4.78 is 16.0. The number of aliphatic hydroxyl groups excluding tert-OH is 3. The number of carbonyl (C=O) groups is 1. The molecule has 11 nitrogen and oxygen atoms in total. The van der Waals surface area contributed by atoms with E-state index in [2.05, 4.69) is 0 Å². The number of phenols is 2. The van der Waals surface area contributed by atoms with Gasteiger partial charge in [-0.2, -0.15) is 0 Å². The molecule has 1 aromatic heterocycles. The lowest BCUT2D eigenvalue weighted by molar-refractivity contribution is -0.271. The summed E-state index contributed by atoms with van der Waals surface area (Å²) in [6.45, 7) is 0. The number of hydrogen-bond acceptors (Lipinski definition) is 10. The zero-order valence-corrected chi connectivity index (χ0v) is 16.2. The van der Waals surface area contributed by atoms with Crippen molar-refractivity contribution >= 4 is 16.9 Å². The molecule has 5 atom stereocenters. The van der Waals surface area contributed by atoms with Crippen LogP contribution in [0.1, 0.15) is 0 Å². The van der Waals surface area contributed by atoms with Gasteiger partial charge in [0.1, 0.15) is 35.0 Å². The molecule has 6 N–H and O–H groups in total. The number of hydrogen-bond donors (Lipinski definition) is 6. The van der Waals surface area contributed by atoms with E-state index >= 15 is 0 Å². The lowest BCUT2D eigenvalue weighted by atomic mass is 9.99. The first kappa shape index (κ1) is 21.6. The van der Waals surface area contributed by atoms with Gasteiger partial charge in [0.15, 0.2) is 23.0 Å². The molecule has 0 aliphatic carbocycles. The van der Waals surface area contributed by atoms with Crippen LogP contribution in [0.5, 0.6) is 17.2 Å². The summed E-state index contributed by atoms with van der Waals surface area (Å²) in [6, 6.07) is 10.8. The van der Waals surface area contributed by atoms with Gasteiger partial charge in [0, 0.05) is 17.7 Å². The zero-order valence-electron chi connectivity index (χ0n) is 16.2. The molecule has 0 amide bonds. The molecule has 32 heavy (non-hydrogen) atoms. The van der Waals surface area contributed by atoms with Crippen molar-refractivity contribution in [1.82, 2.24) is 0 Å². The number of fused-ring (bicyclic) bond motifs is 1. The highest BCUT2D eigenvalue weighted by atomic mass is 16.7. The van der Waals surface area contributed by atoms with Crippen LogP contribution >= 0.6 is 0 Å². The van der Waals surface area contributed by atoms with Crippen LogP contribution in [0.3, 0.4) is 0 Å². The maximum atomic E-state index is 12.5. The third-order valence-corrected chi connectivity index (χ3v) is 5.05. The first-order valence-electron chi connectivity index (χ1n) is 9.36. The van der Waals surface area contributed by atoms with Crippen molar-refractivity contribution in [2.24, 2.45) is 0 Å². The van der Waals surface area contributed by atoms with Gasteiger partial charge in [-0.05, 0) is 0 Å². The van der Waals surface area contributed by atoms with Crippen LogP contribution < -0.4 is 10.2 Å². The number of aromatic hydroxyl groups is 2. The Morgan fingerprint density at radius 3 is 2.28 bits per heavy atom. The van der Waals surface area contributed by atoms with E-state index in [1.165, 1.54) is 0 Å². The van der Waals surface area contributed by atoms with Gasteiger partial charge < -0.3 is 44.5 Å². The van der Waals surface area contributed by atoms with Gasteiger partial charge in [0.25, 0.3) is 0 Å². The van der Waals surface area contributed by atoms with Gasteiger partial charge in [0.2, 0.25) is 12.0 Å². The highest BCUT2D eigenvalue weighted by Gasteiger charge is 2.48. The molecule has 11 heteroatoms. The van der Waals surface area contributed by atoms with Gasteiger partial charge in [-0.3, -0.25) is 4.79 Å². The standard InChI is InChI=1S/C21H18O11/c22-9-6-10(8-4-2-1-3-5-8)30-11-7-12(14(23)15(24)13(9)11)31-21-18(27)16(25)17(26)19(32-21)20(28)29/h1-7,16-19,21,23-27H,(H,28,29)/t16-,17+,18-,19-,21-/m0/s1. The average Bonchev–Trinajstić information content (AvgIpc) is 2.77. The molecule has 0 bridgehead atoms. The van der Waals surface area contributed by atoms with E-state index in [1.54, 1.807) is 30.3 Å². The van der Waals surface area contributed by atoms with E-state index in [0.717, 1.165) is 12.1 Å². The molecule has 2 aromatic carbocycles. The molecular weight excluding hydrogens is 428 g/mol. The Kier molecular flexibility index (Phi) is 5.48. The second-order valence-electron chi connectivity index (χ2n) is 7.14. The van der Waals surface area contributed by atoms with Gasteiger partial charge in [-0.1, -0.05) is 30.3 Å². The van der Waals surface area contributed by atoms with Gasteiger partial charge in [-0.15, -0.1) is 0 Å². The van der Waals surface area contributed by atoms with Crippen molar-refractivity contribution in [3.05, 3.63) is 52.7 Å². The van der Waals surface area contributed by atoms with Crippen LogP contribution in [0.15, 0.2) is 51.7 Å². The number of benzene rings is 2. The van der Waals surface area contributed by atoms with E-state index in [-0.39, 0.29) is 16.7 Å². The molecule has 168 valence electrons. The number of aliphatic hydroxyl groups is 3. The largest absolute Gasteiger partial charge is 0.504 e. The molecule has 1 aliphatic rings. The predicted octanol–water partition coefficient (Wildman–Crippen LogP) is 0.142. The molecule has 0 unspecified atom stereocenters. The zero-order chi connectivity index (χ0) is 23.2. The first-order valence-corrected chi connectivity index (χ1v) is 9.36. The predicted molar refractivity (Wildman–Crippen MR) is 106 cm³/mol. The van der Waals surface area contributed by atoms with Crippen molar-refractivity contribution in [3.8, 4) is 28.6 Å². The van der Waals surface area contributed by atoms with Crippen LogP contribution in [0, 0.1) is 0 Å². The van der Waals surface area contributed by atoms with E-state index in [9.17, 15) is 35.1 Å². The Morgan fingerprint density at radius 2 is 1.62 bits per heavy atom. The topological polar surface area (TPSA) is 187 Å². The summed E-state index contributed by atoms with van der Waals surface area (Å²) in [7, 11) is 0. The third-order valence-electron chi connectivity index (χ3n) is 5.05. The molecular formula is C21H18O11. The molecule has 1 fully saturated rings. The maximum absolute atomic E-state index is 12.5. The van der Waals surface area contributed by atoms with Gasteiger partial charge >= 0.3 is 5.97 Å². The van der Waals surface area contributed by atoms with Crippen molar-refractivity contribution in [3.63, 3.8) is 0 Å². The van der Waals surface area contributed by atoms with E-state index < -0.39 is 59.4 Å². The smallest absolute Gasteiger partial charge is 0.335 e. The Hall–Kier alpha value is -3.64. The fraction of sp³-hybridized carbons (Fsp3) is 0.238. The van der Waals surface area contributed by atoms with Crippen molar-refractivity contribution in [1.29, 1.82) is 0 Å².